The number of ether oxygens (including phenoxy) is 1. The average Bonchev–Trinajstić information content (AvgIpc) is 2.88. The van der Waals surface area contributed by atoms with Crippen molar-refractivity contribution in [3.8, 4) is 5.75 Å². The normalized spacial score (nSPS) is 15.8. The maximum absolute atomic E-state index is 13.3. The molecule has 1 aliphatic rings. The van der Waals surface area contributed by atoms with Gasteiger partial charge in [0.2, 0.25) is 0 Å². The van der Waals surface area contributed by atoms with Crippen LogP contribution in [0, 0.1) is 5.82 Å². The number of benzene rings is 2. The highest BCUT2D eigenvalue weighted by Crippen LogP contribution is 2.19. The van der Waals surface area contributed by atoms with E-state index < -0.39 is 17.6 Å². The SMILES string of the molecule is CN1CCCC(Oc2ccc(CNC(=O)c3cc(C(=O)NCc4ccc(F)c(Cl)c4)ncn3)cc2)C1. The van der Waals surface area contributed by atoms with Crippen LogP contribution in [0.15, 0.2) is 54.9 Å². The minimum atomic E-state index is -0.532. The van der Waals surface area contributed by atoms with Crippen molar-refractivity contribution in [3.05, 3.63) is 88.2 Å². The van der Waals surface area contributed by atoms with E-state index >= 15 is 0 Å². The number of hydrogen-bond acceptors (Lipinski definition) is 6. The predicted octanol–water partition coefficient (Wildman–Crippen LogP) is 3.60. The van der Waals surface area contributed by atoms with Crippen molar-refractivity contribution in [3.63, 3.8) is 0 Å². The highest BCUT2D eigenvalue weighted by Gasteiger charge is 2.18. The van der Waals surface area contributed by atoms with E-state index in [0.29, 0.717) is 12.1 Å². The zero-order valence-corrected chi connectivity index (χ0v) is 20.6. The Morgan fingerprint density at radius 2 is 1.67 bits per heavy atom. The standard InChI is InChI=1S/C26H27ClFN5O3/c1-33-10-2-3-20(15-33)36-19-7-4-17(5-8-19)13-29-25(34)23-12-24(32-16-31-23)26(35)30-14-18-6-9-22(28)21(27)11-18/h4-9,11-12,16,20H,2-3,10,13-15H2,1H3,(H,29,34)(H,30,35). The summed E-state index contributed by atoms with van der Waals surface area (Å²) in [6.45, 7) is 2.43. The quantitative estimate of drug-likeness (QED) is 0.479. The van der Waals surface area contributed by atoms with Crippen molar-refractivity contribution in [1.29, 1.82) is 0 Å². The third kappa shape index (κ3) is 6.99. The van der Waals surface area contributed by atoms with E-state index in [1.54, 1.807) is 0 Å². The topological polar surface area (TPSA) is 96.5 Å². The molecule has 36 heavy (non-hydrogen) atoms. The molecule has 1 aromatic heterocycles. The number of piperidine rings is 1. The number of carbonyl (C=O) groups is 2. The van der Waals surface area contributed by atoms with E-state index in [1.165, 1.54) is 24.3 Å². The van der Waals surface area contributed by atoms with E-state index in [9.17, 15) is 14.0 Å². The van der Waals surface area contributed by atoms with Gasteiger partial charge in [-0.15, -0.1) is 0 Å². The second kappa shape index (κ2) is 11.9. The fourth-order valence-corrected chi connectivity index (χ4v) is 4.10. The summed E-state index contributed by atoms with van der Waals surface area (Å²) in [5.41, 5.74) is 1.64. The number of amides is 2. The largest absolute Gasteiger partial charge is 0.489 e. The number of likely N-dealkylation sites (N-methyl/N-ethyl adjacent to an activating group) is 1. The second-order valence-corrected chi connectivity index (χ2v) is 9.10. The smallest absolute Gasteiger partial charge is 0.270 e. The van der Waals surface area contributed by atoms with Crippen molar-refractivity contribution in [2.75, 3.05) is 20.1 Å². The molecule has 1 fully saturated rings. The van der Waals surface area contributed by atoms with Crippen LogP contribution in [0.4, 0.5) is 4.39 Å². The molecule has 1 aliphatic heterocycles. The predicted molar refractivity (Wildman–Crippen MR) is 133 cm³/mol. The Hall–Kier alpha value is -3.56. The molecule has 8 nitrogen and oxygen atoms in total. The van der Waals surface area contributed by atoms with Gasteiger partial charge in [0.1, 0.15) is 35.4 Å². The Bertz CT molecular complexity index is 1220. The molecule has 1 atom stereocenters. The minimum absolute atomic E-state index is 0.0260. The first kappa shape index (κ1) is 25.5. The van der Waals surface area contributed by atoms with Gasteiger partial charge in [-0.25, -0.2) is 14.4 Å². The average molecular weight is 512 g/mol. The zero-order valence-electron chi connectivity index (χ0n) is 19.8. The van der Waals surface area contributed by atoms with Crippen LogP contribution in [0.5, 0.6) is 5.75 Å². The lowest BCUT2D eigenvalue weighted by atomic mass is 10.1. The lowest BCUT2D eigenvalue weighted by molar-refractivity contribution is 0.0944. The van der Waals surface area contributed by atoms with Crippen molar-refractivity contribution in [2.45, 2.75) is 32.0 Å². The summed E-state index contributed by atoms with van der Waals surface area (Å²) >= 11 is 5.77. The lowest BCUT2D eigenvalue weighted by Crippen LogP contribution is -2.38. The van der Waals surface area contributed by atoms with Crippen LogP contribution in [0.3, 0.4) is 0 Å². The number of rotatable bonds is 8. The highest BCUT2D eigenvalue weighted by molar-refractivity contribution is 6.30. The molecule has 3 aromatic rings. The molecule has 2 amide bonds. The van der Waals surface area contributed by atoms with Crippen LogP contribution in [0.1, 0.15) is 44.9 Å². The fraction of sp³-hybridized carbons (Fsp3) is 0.308. The van der Waals surface area contributed by atoms with Gasteiger partial charge >= 0.3 is 0 Å². The molecule has 2 N–H and O–H groups in total. The Balaban J connectivity index is 1.28. The van der Waals surface area contributed by atoms with Crippen molar-refractivity contribution < 1.29 is 18.7 Å². The van der Waals surface area contributed by atoms with Crippen LogP contribution in [0.25, 0.3) is 0 Å². The van der Waals surface area contributed by atoms with Gasteiger partial charge in [0.15, 0.2) is 0 Å². The Morgan fingerprint density at radius 1 is 1.03 bits per heavy atom. The Labute approximate surface area is 213 Å². The van der Waals surface area contributed by atoms with Gasteiger partial charge in [0, 0.05) is 25.7 Å². The summed E-state index contributed by atoms with van der Waals surface area (Å²) < 4.78 is 19.4. The van der Waals surface area contributed by atoms with Crippen LogP contribution in [0.2, 0.25) is 5.02 Å². The van der Waals surface area contributed by atoms with E-state index in [2.05, 4.69) is 32.5 Å². The number of nitrogens with one attached hydrogen (secondary N) is 2. The molecule has 1 unspecified atom stereocenters. The summed E-state index contributed by atoms with van der Waals surface area (Å²) in [4.78, 5) is 35.2. The van der Waals surface area contributed by atoms with Gasteiger partial charge in [-0.1, -0.05) is 29.8 Å². The molecule has 0 aliphatic carbocycles. The first-order chi connectivity index (χ1) is 17.4. The first-order valence-electron chi connectivity index (χ1n) is 11.6. The first-order valence-corrected chi connectivity index (χ1v) is 12.0. The molecule has 0 spiro atoms. The Morgan fingerprint density at radius 3 is 2.31 bits per heavy atom. The molecular weight excluding hydrogens is 485 g/mol. The lowest BCUT2D eigenvalue weighted by Gasteiger charge is -2.30. The van der Waals surface area contributed by atoms with Crippen LogP contribution >= 0.6 is 11.6 Å². The molecule has 10 heteroatoms. The van der Waals surface area contributed by atoms with Gasteiger partial charge in [-0.3, -0.25) is 9.59 Å². The molecule has 2 aromatic carbocycles. The van der Waals surface area contributed by atoms with Gasteiger partial charge in [-0.05, 0) is 61.8 Å². The second-order valence-electron chi connectivity index (χ2n) is 8.69. The summed E-state index contributed by atoms with van der Waals surface area (Å²) in [6.07, 6.45) is 3.52. The maximum Gasteiger partial charge on any atom is 0.270 e. The highest BCUT2D eigenvalue weighted by atomic mass is 35.5. The molecule has 0 radical (unpaired) electrons. The molecule has 1 saturated heterocycles. The van der Waals surface area contributed by atoms with Gasteiger partial charge in [0.05, 0.1) is 5.02 Å². The number of hydrogen-bond donors (Lipinski definition) is 2. The van der Waals surface area contributed by atoms with Crippen molar-refractivity contribution in [2.24, 2.45) is 0 Å². The summed E-state index contributed by atoms with van der Waals surface area (Å²) in [7, 11) is 2.10. The third-order valence-corrected chi connectivity index (χ3v) is 6.12. The van der Waals surface area contributed by atoms with Gasteiger partial charge in [-0.2, -0.15) is 0 Å². The maximum atomic E-state index is 13.3. The molecule has 0 saturated carbocycles. The summed E-state index contributed by atoms with van der Waals surface area (Å²) in [5, 5.41) is 5.44. The van der Waals surface area contributed by atoms with Gasteiger partial charge < -0.3 is 20.3 Å². The third-order valence-electron chi connectivity index (χ3n) is 5.83. The van der Waals surface area contributed by atoms with Crippen molar-refractivity contribution in [1.82, 2.24) is 25.5 Å². The van der Waals surface area contributed by atoms with E-state index in [4.69, 9.17) is 16.3 Å². The van der Waals surface area contributed by atoms with Crippen LogP contribution < -0.4 is 15.4 Å². The van der Waals surface area contributed by atoms with Gasteiger partial charge in [0.25, 0.3) is 11.8 Å². The number of halogens is 2. The van der Waals surface area contributed by atoms with E-state index in [0.717, 1.165) is 43.6 Å². The number of carbonyl (C=O) groups excluding carboxylic acids is 2. The van der Waals surface area contributed by atoms with E-state index in [1.807, 2.05) is 24.3 Å². The molecular formula is C26H27ClFN5O3. The number of likely N-dealkylation sites (tertiary alicyclic amines) is 1. The van der Waals surface area contributed by atoms with Crippen LogP contribution in [-0.4, -0.2) is 52.9 Å². The number of nitrogens with zero attached hydrogens (tertiary/aromatic N) is 3. The summed E-state index contributed by atoms with van der Waals surface area (Å²) in [6, 6.07) is 13.1. The Kier molecular flexibility index (Phi) is 8.45. The van der Waals surface area contributed by atoms with Crippen LogP contribution in [-0.2, 0) is 13.1 Å². The monoisotopic (exact) mass is 511 g/mol. The molecule has 4 rings (SSSR count). The zero-order chi connectivity index (χ0) is 25.5. The molecule has 188 valence electrons. The van der Waals surface area contributed by atoms with E-state index in [-0.39, 0.29) is 29.1 Å². The number of aromatic nitrogens is 2. The molecule has 0 bridgehead atoms. The minimum Gasteiger partial charge on any atom is -0.489 e. The summed E-state index contributed by atoms with van der Waals surface area (Å²) in [5.74, 6) is -0.649. The van der Waals surface area contributed by atoms with Crippen molar-refractivity contribution >= 4 is 23.4 Å². The molecule has 2 heterocycles. The fourth-order valence-electron chi connectivity index (χ4n) is 3.89.